The van der Waals surface area contributed by atoms with E-state index in [1.165, 1.54) is 0 Å². The molecule has 0 spiro atoms. The van der Waals surface area contributed by atoms with Crippen molar-refractivity contribution in [1.29, 1.82) is 0 Å². The van der Waals surface area contributed by atoms with Gasteiger partial charge in [-0.15, -0.1) is 0 Å². The molecular weight excluding hydrogens is 552 g/mol. The summed E-state index contributed by atoms with van der Waals surface area (Å²) in [6, 6.07) is 40.3. The van der Waals surface area contributed by atoms with E-state index >= 15 is 0 Å². The first kappa shape index (κ1) is 30.7. The van der Waals surface area contributed by atoms with E-state index < -0.39 is 30.3 Å². The minimum Gasteiger partial charge on any atom is -0.390 e. The summed E-state index contributed by atoms with van der Waals surface area (Å²) in [5.41, 5.74) is 4.24. The van der Waals surface area contributed by atoms with Crippen LogP contribution in [0.2, 0.25) is 0 Å². The van der Waals surface area contributed by atoms with Crippen molar-refractivity contribution < 1.29 is 29.2 Å². The van der Waals surface area contributed by atoms with Gasteiger partial charge in [-0.2, -0.15) is 0 Å². The fourth-order valence-corrected chi connectivity index (χ4v) is 6.91. The van der Waals surface area contributed by atoms with Gasteiger partial charge in [0.15, 0.2) is 0 Å². The molecule has 44 heavy (non-hydrogen) atoms. The highest BCUT2D eigenvalue weighted by atomic mass is 16.6. The highest BCUT2D eigenvalue weighted by Crippen LogP contribution is 2.50. The largest absolute Gasteiger partial charge is 0.390 e. The van der Waals surface area contributed by atoms with Gasteiger partial charge in [0, 0.05) is 11.8 Å². The lowest BCUT2D eigenvalue weighted by molar-refractivity contribution is -0.145. The Hall–Kier alpha value is -3.36. The predicted molar refractivity (Wildman–Crippen MR) is 168 cm³/mol. The Morgan fingerprint density at radius 3 is 1.32 bits per heavy atom. The number of rotatable bonds is 13. The van der Waals surface area contributed by atoms with E-state index in [1.807, 2.05) is 109 Å². The molecule has 2 saturated carbocycles. The molecule has 8 atom stereocenters. The fourth-order valence-electron chi connectivity index (χ4n) is 6.91. The summed E-state index contributed by atoms with van der Waals surface area (Å²) in [6.45, 7) is 2.06. The predicted octanol–water partition coefficient (Wildman–Crippen LogP) is 5.95. The second kappa shape index (κ2) is 15.1. The van der Waals surface area contributed by atoms with Crippen molar-refractivity contribution in [1.82, 2.24) is 0 Å². The highest BCUT2D eigenvalue weighted by Gasteiger charge is 2.61. The first-order valence-electron chi connectivity index (χ1n) is 15.6. The standard InChI is InChI=1S/C38H42O6/c39-32-21-31(26-41-22-27-13-5-1-6-14-27)33-34(35(32)40)37(43-24-29-17-9-3-10-18-29)38(44-25-30-19-11-4-12-20-30)36(33)42-23-28-15-7-2-8-16-28/h1-20,31-40H,21-26H2/t31-,32+,33+,34-,35-,36+,37+,38+/m0/s1. The summed E-state index contributed by atoms with van der Waals surface area (Å²) in [5.74, 6) is -0.597. The smallest absolute Gasteiger partial charge is 0.111 e. The molecule has 2 fully saturated rings. The zero-order valence-corrected chi connectivity index (χ0v) is 24.9. The molecule has 6 rings (SSSR count). The van der Waals surface area contributed by atoms with Gasteiger partial charge in [0.05, 0.1) is 57.5 Å². The Kier molecular flexibility index (Phi) is 10.5. The maximum absolute atomic E-state index is 11.6. The van der Waals surface area contributed by atoms with Crippen LogP contribution in [0.1, 0.15) is 28.7 Å². The zero-order chi connectivity index (χ0) is 30.1. The van der Waals surface area contributed by atoms with Crippen molar-refractivity contribution in [2.45, 2.75) is 63.4 Å². The minimum atomic E-state index is -0.973. The van der Waals surface area contributed by atoms with Crippen LogP contribution in [0.4, 0.5) is 0 Å². The molecule has 0 aliphatic heterocycles. The molecule has 0 saturated heterocycles. The average molecular weight is 595 g/mol. The maximum atomic E-state index is 11.6. The summed E-state index contributed by atoms with van der Waals surface area (Å²) in [4.78, 5) is 0. The van der Waals surface area contributed by atoms with Crippen molar-refractivity contribution in [3.05, 3.63) is 144 Å². The second-order valence-electron chi connectivity index (χ2n) is 12.0. The average Bonchev–Trinajstić information content (AvgIpc) is 3.39. The first-order chi connectivity index (χ1) is 21.7. The zero-order valence-electron chi connectivity index (χ0n) is 24.9. The van der Waals surface area contributed by atoms with Crippen LogP contribution in [0.5, 0.6) is 0 Å². The van der Waals surface area contributed by atoms with Gasteiger partial charge in [-0.05, 0) is 34.6 Å². The van der Waals surface area contributed by atoms with E-state index in [-0.39, 0.29) is 17.9 Å². The van der Waals surface area contributed by atoms with E-state index in [4.69, 9.17) is 18.9 Å². The lowest BCUT2D eigenvalue weighted by Crippen LogP contribution is -2.51. The Bertz CT molecular complexity index is 1390. The van der Waals surface area contributed by atoms with E-state index in [9.17, 15) is 10.2 Å². The SMILES string of the molecule is O[C@@H]1[C@H]2[C@@H](OCc3ccccc3)[C@H](OCc3ccccc3)[C@H](OCc3ccccc3)[C@@H]2[C@H](COCc2ccccc2)C[C@H]1O. The van der Waals surface area contributed by atoms with Gasteiger partial charge in [0.2, 0.25) is 0 Å². The molecule has 4 aromatic carbocycles. The number of ether oxygens (including phenoxy) is 4. The Labute approximate surface area is 260 Å². The summed E-state index contributed by atoms with van der Waals surface area (Å²) >= 11 is 0. The van der Waals surface area contributed by atoms with Gasteiger partial charge < -0.3 is 29.2 Å². The van der Waals surface area contributed by atoms with Gasteiger partial charge in [-0.1, -0.05) is 121 Å². The molecule has 6 heteroatoms. The number of aliphatic hydroxyl groups excluding tert-OH is 2. The second-order valence-corrected chi connectivity index (χ2v) is 12.0. The van der Waals surface area contributed by atoms with E-state index in [2.05, 4.69) is 12.1 Å². The molecule has 2 aliphatic carbocycles. The highest BCUT2D eigenvalue weighted by molar-refractivity contribution is 5.18. The number of hydrogen-bond acceptors (Lipinski definition) is 6. The molecule has 0 heterocycles. The third-order valence-electron chi connectivity index (χ3n) is 9.03. The van der Waals surface area contributed by atoms with Crippen molar-refractivity contribution in [3.8, 4) is 0 Å². The van der Waals surface area contributed by atoms with Gasteiger partial charge in [-0.3, -0.25) is 0 Å². The molecule has 0 aromatic heterocycles. The van der Waals surface area contributed by atoms with Crippen molar-refractivity contribution >= 4 is 0 Å². The van der Waals surface area contributed by atoms with Crippen LogP contribution in [-0.2, 0) is 45.4 Å². The molecule has 2 aliphatic rings. The van der Waals surface area contributed by atoms with Crippen molar-refractivity contribution in [2.75, 3.05) is 6.61 Å². The fraction of sp³-hybridized carbons (Fsp3) is 0.368. The van der Waals surface area contributed by atoms with Crippen LogP contribution in [-0.4, -0.2) is 47.3 Å². The molecule has 4 aromatic rings. The number of aliphatic hydroxyl groups is 2. The Morgan fingerprint density at radius 2 is 0.864 bits per heavy atom. The van der Waals surface area contributed by atoms with Gasteiger partial charge in [-0.25, -0.2) is 0 Å². The lowest BCUT2D eigenvalue weighted by Gasteiger charge is -2.42. The van der Waals surface area contributed by atoms with Crippen LogP contribution < -0.4 is 0 Å². The van der Waals surface area contributed by atoms with Gasteiger partial charge in [0.25, 0.3) is 0 Å². The third kappa shape index (κ3) is 7.46. The normalized spacial score (nSPS) is 28.0. The Balaban J connectivity index is 1.30. The topological polar surface area (TPSA) is 77.4 Å². The summed E-state index contributed by atoms with van der Waals surface area (Å²) < 4.78 is 26.4. The summed E-state index contributed by atoms with van der Waals surface area (Å²) in [7, 11) is 0. The quantitative estimate of drug-likeness (QED) is 0.199. The molecule has 0 bridgehead atoms. The van der Waals surface area contributed by atoms with Crippen LogP contribution in [0.3, 0.4) is 0 Å². The van der Waals surface area contributed by atoms with Crippen LogP contribution >= 0.6 is 0 Å². The molecule has 0 amide bonds. The maximum Gasteiger partial charge on any atom is 0.111 e. The van der Waals surface area contributed by atoms with Gasteiger partial charge in [0.1, 0.15) is 6.10 Å². The van der Waals surface area contributed by atoms with E-state index in [1.54, 1.807) is 0 Å². The van der Waals surface area contributed by atoms with Crippen LogP contribution in [0.25, 0.3) is 0 Å². The first-order valence-corrected chi connectivity index (χ1v) is 15.6. The Morgan fingerprint density at radius 1 is 0.477 bits per heavy atom. The number of hydrogen-bond donors (Lipinski definition) is 2. The lowest BCUT2D eigenvalue weighted by atomic mass is 9.70. The molecule has 0 unspecified atom stereocenters. The van der Waals surface area contributed by atoms with Crippen LogP contribution in [0.15, 0.2) is 121 Å². The molecule has 230 valence electrons. The van der Waals surface area contributed by atoms with E-state index in [0.717, 1.165) is 22.3 Å². The molecule has 0 radical (unpaired) electrons. The van der Waals surface area contributed by atoms with Crippen molar-refractivity contribution in [3.63, 3.8) is 0 Å². The molecule has 6 nitrogen and oxygen atoms in total. The van der Waals surface area contributed by atoms with Crippen molar-refractivity contribution in [2.24, 2.45) is 17.8 Å². The summed E-state index contributed by atoms with van der Waals surface area (Å²) in [6.07, 6.45) is -2.79. The van der Waals surface area contributed by atoms with E-state index in [0.29, 0.717) is 39.5 Å². The monoisotopic (exact) mass is 594 g/mol. The third-order valence-corrected chi connectivity index (χ3v) is 9.03. The number of benzene rings is 4. The van der Waals surface area contributed by atoms with Crippen LogP contribution in [0, 0.1) is 17.8 Å². The number of fused-ring (bicyclic) bond motifs is 1. The minimum absolute atomic E-state index is 0.0592. The summed E-state index contributed by atoms with van der Waals surface area (Å²) in [5, 5.41) is 22.7. The molecule has 2 N–H and O–H groups in total. The molecular formula is C38H42O6. The van der Waals surface area contributed by atoms with Gasteiger partial charge >= 0.3 is 0 Å².